The average Bonchev–Trinajstić information content (AvgIpc) is 2.79. The van der Waals surface area contributed by atoms with E-state index in [4.69, 9.17) is 0 Å². The van der Waals surface area contributed by atoms with Gasteiger partial charge in [0.15, 0.2) is 0 Å². The molecule has 3 aliphatic carbocycles. The van der Waals surface area contributed by atoms with Crippen LogP contribution < -0.4 is 5.32 Å². The summed E-state index contributed by atoms with van der Waals surface area (Å²) in [5.74, 6) is 0.963. The van der Waals surface area contributed by atoms with Gasteiger partial charge in [-0.05, 0) is 53.8 Å². The number of nitrogens with one attached hydrogen (secondary N) is 1. The van der Waals surface area contributed by atoms with Gasteiger partial charge in [-0.25, -0.2) is 4.98 Å². The summed E-state index contributed by atoms with van der Waals surface area (Å²) in [6.07, 6.45) is 0.811. The number of fused-ring (bicyclic) bond motifs is 2. The molecule has 1 atom stereocenters. The van der Waals surface area contributed by atoms with Crippen molar-refractivity contribution in [1.29, 1.82) is 0 Å². The Morgan fingerprint density at radius 1 is 0.833 bits per heavy atom. The molecule has 30 heavy (non-hydrogen) atoms. The molecule has 0 spiro atoms. The summed E-state index contributed by atoms with van der Waals surface area (Å²) in [4.78, 5) is 18.3. The highest BCUT2D eigenvalue weighted by atomic mass is 16.2. The van der Waals surface area contributed by atoms with E-state index in [2.05, 4.69) is 65.8 Å². The summed E-state index contributed by atoms with van der Waals surface area (Å²) in [6.45, 7) is 2.12. The topological polar surface area (TPSA) is 42.0 Å². The van der Waals surface area contributed by atoms with Crippen LogP contribution in [-0.4, -0.2) is 10.9 Å². The minimum atomic E-state index is -0.527. The number of carbonyl (C=O) groups is 1. The number of pyridine rings is 1. The van der Waals surface area contributed by atoms with Crippen LogP contribution >= 0.6 is 0 Å². The van der Waals surface area contributed by atoms with E-state index < -0.39 is 5.41 Å². The molecular formula is C27H22N2O. The first-order valence-corrected chi connectivity index (χ1v) is 10.5. The Kier molecular flexibility index (Phi) is 3.64. The number of carbonyl (C=O) groups excluding carboxylic acids is 1. The van der Waals surface area contributed by atoms with Crippen LogP contribution in [0.3, 0.4) is 0 Å². The van der Waals surface area contributed by atoms with Crippen molar-refractivity contribution >= 4 is 22.6 Å². The maximum absolute atomic E-state index is 13.7. The Hall–Kier alpha value is -3.46. The normalized spacial score (nSPS) is 23.6. The molecule has 1 N–H and O–H groups in total. The monoisotopic (exact) mass is 390 g/mol. The number of hydrogen-bond donors (Lipinski definition) is 1. The molecule has 146 valence electrons. The van der Waals surface area contributed by atoms with E-state index >= 15 is 0 Å². The van der Waals surface area contributed by atoms with Gasteiger partial charge in [-0.2, -0.15) is 0 Å². The molecule has 7 rings (SSSR count). The van der Waals surface area contributed by atoms with Crippen molar-refractivity contribution in [3.63, 3.8) is 0 Å². The zero-order valence-corrected chi connectivity index (χ0v) is 16.8. The van der Waals surface area contributed by atoms with E-state index in [1.807, 2.05) is 36.4 Å². The van der Waals surface area contributed by atoms with Crippen molar-refractivity contribution in [2.75, 3.05) is 5.32 Å². The number of hydrogen-bond acceptors (Lipinski definition) is 2. The fraction of sp³-hybridized carbons (Fsp3) is 0.185. The summed E-state index contributed by atoms with van der Waals surface area (Å²) in [6, 6.07) is 29.1. The Morgan fingerprint density at radius 3 is 2.13 bits per heavy atom. The quantitative estimate of drug-likeness (QED) is 0.466. The molecule has 4 aromatic rings. The number of benzene rings is 3. The first-order chi connectivity index (χ1) is 14.6. The Bertz CT molecular complexity index is 1260. The number of amides is 1. The second-order valence-electron chi connectivity index (χ2n) is 8.71. The van der Waals surface area contributed by atoms with Crippen molar-refractivity contribution in [3.8, 4) is 0 Å². The third-order valence-electron chi connectivity index (χ3n) is 6.99. The SMILES string of the molecule is CC1(C(=O)Nc2ccc3ccccc3n2)CC2c3ccccc3C1c1ccccc12. The van der Waals surface area contributed by atoms with E-state index in [0.717, 1.165) is 17.3 Å². The maximum atomic E-state index is 13.7. The first kappa shape index (κ1) is 17.4. The van der Waals surface area contributed by atoms with Crippen LogP contribution in [0.25, 0.3) is 10.9 Å². The third-order valence-corrected chi connectivity index (χ3v) is 6.99. The highest BCUT2D eigenvalue weighted by Crippen LogP contribution is 2.61. The van der Waals surface area contributed by atoms with Crippen LogP contribution in [0.2, 0.25) is 0 Å². The Morgan fingerprint density at radius 2 is 1.43 bits per heavy atom. The summed E-state index contributed by atoms with van der Waals surface area (Å²) in [5, 5.41) is 4.21. The Labute approximate surface area is 175 Å². The van der Waals surface area contributed by atoms with Gasteiger partial charge in [0.05, 0.1) is 10.9 Å². The molecular weight excluding hydrogens is 368 g/mol. The zero-order chi connectivity index (χ0) is 20.3. The van der Waals surface area contributed by atoms with Crippen LogP contribution in [0.1, 0.15) is 47.4 Å². The van der Waals surface area contributed by atoms with Crippen molar-refractivity contribution < 1.29 is 4.79 Å². The van der Waals surface area contributed by atoms with E-state index in [1.165, 1.54) is 22.3 Å². The number of rotatable bonds is 2. The van der Waals surface area contributed by atoms with Gasteiger partial charge in [-0.3, -0.25) is 4.79 Å². The largest absolute Gasteiger partial charge is 0.310 e. The van der Waals surface area contributed by atoms with Crippen molar-refractivity contribution in [2.24, 2.45) is 5.41 Å². The molecule has 3 nitrogen and oxygen atoms in total. The van der Waals surface area contributed by atoms with Crippen molar-refractivity contribution in [2.45, 2.75) is 25.2 Å². The van der Waals surface area contributed by atoms with Crippen LogP contribution in [-0.2, 0) is 4.79 Å². The van der Waals surface area contributed by atoms with Crippen LogP contribution in [0.15, 0.2) is 84.9 Å². The number of aromatic nitrogens is 1. The predicted octanol–water partition coefficient (Wildman–Crippen LogP) is 5.86. The molecule has 3 heteroatoms. The predicted molar refractivity (Wildman–Crippen MR) is 120 cm³/mol. The Balaban J connectivity index is 1.42. The lowest BCUT2D eigenvalue weighted by molar-refractivity contribution is -0.126. The first-order valence-electron chi connectivity index (χ1n) is 10.5. The molecule has 0 aliphatic heterocycles. The van der Waals surface area contributed by atoms with Gasteiger partial charge in [-0.15, -0.1) is 0 Å². The second kappa shape index (κ2) is 6.27. The van der Waals surface area contributed by atoms with Crippen molar-refractivity contribution in [1.82, 2.24) is 4.98 Å². The fourth-order valence-electron chi connectivity index (χ4n) is 5.58. The third kappa shape index (κ3) is 2.38. The van der Waals surface area contributed by atoms with Crippen LogP contribution in [0.5, 0.6) is 0 Å². The maximum Gasteiger partial charge on any atom is 0.232 e. The molecule has 3 aliphatic rings. The second-order valence-corrected chi connectivity index (χ2v) is 8.71. The molecule has 0 fully saturated rings. The molecule has 0 saturated heterocycles. The van der Waals surface area contributed by atoms with Gasteiger partial charge in [-0.1, -0.05) is 66.7 Å². The molecule has 2 bridgehead atoms. The fourth-order valence-corrected chi connectivity index (χ4v) is 5.58. The van der Waals surface area contributed by atoms with Gasteiger partial charge < -0.3 is 5.32 Å². The molecule has 0 radical (unpaired) electrons. The summed E-state index contributed by atoms with van der Waals surface area (Å²) in [5.41, 5.74) is 5.68. The lowest BCUT2D eigenvalue weighted by Crippen LogP contribution is -2.47. The highest BCUT2D eigenvalue weighted by molar-refractivity contribution is 5.97. The smallest absolute Gasteiger partial charge is 0.232 e. The van der Waals surface area contributed by atoms with Gasteiger partial charge in [0, 0.05) is 17.2 Å². The molecule has 1 unspecified atom stereocenters. The van der Waals surface area contributed by atoms with Gasteiger partial charge in [0.1, 0.15) is 5.82 Å². The zero-order valence-electron chi connectivity index (χ0n) is 16.8. The van der Waals surface area contributed by atoms with E-state index in [1.54, 1.807) is 0 Å². The molecule has 1 amide bonds. The summed E-state index contributed by atoms with van der Waals surface area (Å²) in [7, 11) is 0. The standard InChI is InChI=1S/C27H22N2O/c1-27(26(30)29-24-15-14-17-8-2-7-13-23(17)28-24)16-22-18-9-3-5-11-20(18)25(27)21-12-6-4-10-19(21)22/h2-15,22,25H,16H2,1H3,(H,28,29,30). The van der Waals surface area contributed by atoms with E-state index in [-0.39, 0.29) is 17.7 Å². The molecule has 3 aromatic carbocycles. The lowest BCUT2D eigenvalue weighted by atomic mass is 9.52. The average molecular weight is 390 g/mol. The minimum Gasteiger partial charge on any atom is -0.310 e. The van der Waals surface area contributed by atoms with Gasteiger partial charge >= 0.3 is 0 Å². The van der Waals surface area contributed by atoms with Crippen LogP contribution in [0, 0.1) is 5.41 Å². The number of para-hydroxylation sites is 1. The summed E-state index contributed by atoms with van der Waals surface area (Å²) < 4.78 is 0. The minimum absolute atomic E-state index is 0.0456. The molecule has 1 aromatic heterocycles. The van der Waals surface area contributed by atoms with Crippen LogP contribution in [0.4, 0.5) is 5.82 Å². The van der Waals surface area contributed by atoms with Gasteiger partial charge in [0.25, 0.3) is 0 Å². The van der Waals surface area contributed by atoms with Crippen molar-refractivity contribution in [3.05, 3.63) is 107 Å². The van der Waals surface area contributed by atoms with E-state index in [9.17, 15) is 4.79 Å². The van der Waals surface area contributed by atoms with E-state index in [0.29, 0.717) is 5.82 Å². The molecule has 1 heterocycles. The van der Waals surface area contributed by atoms with Gasteiger partial charge in [0.2, 0.25) is 5.91 Å². The lowest BCUT2D eigenvalue weighted by Gasteiger charge is -2.50. The number of anilines is 1. The number of nitrogens with zero attached hydrogens (tertiary/aromatic N) is 1. The molecule has 0 saturated carbocycles. The highest BCUT2D eigenvalue weighted by Gasteiger charge is 2.53. The summed E-state index contributed by atoms with van der Waals surface area (Å²) >= 11 is 0.